The number of nitrogens with zero attached hydrogens (tertiary/aromatic N) is 2. The van der Waals surface area contributed by atoms with Gasteiger partial charge in [-0.25, -0.2) is 0 Å². The summed E-state index contributed by atoms with van der Waals surface area (Å²) in [6.45, 7) is 9.33. The number of anilines is 2. The van der Waals surface area contributed by atoms with Crippen molar-refractivity contribution in [3.8, 4) is 5.75 Å². The lowest BCUT2D eigenvalue weighted by Crippen LogP contribution is -2.46. The van der Waals surface area contributed by atoms with Crippen LogP contribution in [0.3, 0.4) is 0 Å². The summed E-state index contributed by atoms with van der Waals surface area (Å²) in [6, 6.07) is 9.93. The molecule has 2 aliphatic rings. The van der Waals surface area contributed by atoms with Gasteiger partial charge in [-0.3, -0.25) is 14.5 Å². The molecule has 7 nitrogen and oxygen atoms in total. The second-order valence-electron chi connectivity index (χ2n) is 9.62. The van der Waals surface area contributed by atoms with Gasteiger partial charge in [0.25, 0.3) is 0 Å². The van der Waals surface area contributed by atoms with Gasteiger partial charge in [-0.15, -0.1) is 0 Å². The Labute approximate surface area is 228 Å². The van der Waals surface area contributed by atoms with Gasteiger partial charge >= 0.3 is 5.97 Å². The maximum absolute atomic E-state index is 11.8. The molecule has 2 aromatic rings. The van der Waals surface area contributed by atoms with Crippen LogP contribution in [0.25, 0.3) is 0 Å². The predicted molar refractivity (Wildman–Crippen MR) is 148 cm³/mol. The third-order valence-corrected chi connectivity index (χ3v) is 7.74. The fourth-order valence-corrected chi connectivity index (χ4v) is 5.31. The summed E-state index contributed by atoms with van der Waals surface area (Å²) in [4.78, 5) is 27.1. The number of allylic oxidation sites excluding steroid dienone is 1. The Bertz CT molecular complexity index is 1160. The number of amides is 1. The van der Waals surface area contributed by atoms with Crippen LogP contribution in [-0.4, -0.2) is 61.2 Å². The molecule has 4 rings (SSSR count). The minimum absolute atomic E-state index is 0.212. The largest absolute Gasteiger partial charge is 0.494 e. The number of aryl methyl sites for hydroxylation is 1. The van der Waals surface area contributed by atoms with Gasteiger partial charge in [0.1, 0.15) is 12.2 Å². The van der Waals surface area contributed by atoms with E-state index in [9.17, 15) is 9.59 Å². The van der Waals surface area contributed by atoms with Crippen molar-refractivity contribution in [3.63, 3.8) is 0 Å². The maximum atomic E-state index is 11.8. The van der Waals surface area contributed by atoms with Crippen molar-refractivity contribution in [2.75, 3.05) is 49.5 Å². The number of nitrogens with one attached hydrogen (secondary N) is 1. The Morgan fingerprint density at radius 3 is 2.54 bits per heavy atom. The molecule has 0 unspecified atom stereocenters. The molecule has 37 heavy (non-hydrogen) atoms. The first-order valence-electron chi connectivity index (χ1n) is 12.7. The molecular weight excluding hydrogens is 513 g/mol. The van der Waals surface area contributed by atoms with E-state index in [0.717, 1.165) is 76.3 Å². The number of carbonyl (C=O) groups is 2. The summed E-state index contributed by atoms with van der Waals surface area (Å²) in [5.41, 5.74) is 5.19. The Hall–Kier alpha value is -2.74. The number of aliphatic carboxylic acids is 1. The molecule has 1 heterocycles. The van der Waals surface area contributed by atoms with Crippen LogP contribution >= 0.6 is 23.2 Å². The SMILES string of the molecule is C=C1CCc2ccc(OCCCCN3CCN(c4ccc(NC(=O)CC(=O)O)c(Cl)c4Cl)CC3)cc2C1. The van der Waals surface area contributed by atoms with E-state index in [1.54, 1.807) is 6.07 Å². The van der Waals surface area contributed by atoms with Gasteiger partial charge in [-0.2, -0.15) is 0 Å². The molecule has 0 bridgehead atoms. The number of fused-ring (bicyclic) bond motifs is 1. The molecule has 0 radical (unpaired) electrons. The number of ether oxygens (including phenoxy) is 1. The lowest BCUT2D eigenvalue weighted by molar-refractivity contribution is -0.139. The van der Waals surface area contributed by atoms with Gasteiger partial charge in [0.05, 0.1) is 28.0 Å². The van der Waals surface area contributed by atoms with E-state index in [2.05, 4.69) is 39.9 Å². The molecule has 1 aliphatic heterocycles. The second-order valence-corrected chi connectivity index (χ2v) is 10.4. The van der Waals surface area contributed by atoms with Crippen LogP contribution in [0.15, 0.2) is 42.5 Å². The van der Waals surface area contributed by atoms with Crippen LogP contribution in [0.4, 0.5) is 11.4 Å². The van der Waals surface area contributed by atoms with Gasteiger partial charge in [-0.1, -0.05) is 41.4 Å². The van der Waals surface area contributed by atoms with Crippen LogP contribution in [0.1, 0.15) is 36.8 Å². The normalized spacial score (nSPS) is 15.8. The predicted octanol–water partition coefficient (Wildman–Crippen LogP) is 5.43. The monoisotopic (exact) mass is 545 g/mol. The highest BCUT2D eigenvalue weighted by molar-refractivity contribution is 6.45. The number of benzene rings is 2. The summed E-state index contributed by atoms with van der Waals surface area (Å²) in [7, 11) is 0. The first-order chi connectivity index (χ1) is 17.8. The van der Waals surface area contributed by atoms with Crippen molar-refractivity contribution in [1.29, 1.82) is 0 Å². The summed E-state index contributed by atoms with van der Waals surface area (Å²) in [5.74, 6) is -0.903. The molecule has 198 valence electrons. The smallest absolute Gasteiger partial charge is 0.312 e. The Morgan fingerprint density at radius 2 is 1.78 bits per heavy atom. The van der Waals surface area contributed by atoms with E-state index >= 15 is 0 Å². The highest BCUT2D eigenvalue weighted by atomic mass is 35.5. The Kier molecular flexibility index (Phi) is 9.35. The van der Waals surface area contributed by atoms with E-state index in [1.807, 2.05) is 6.07 Å². The number of piperazine rings is 1. The average molecular weight is 546 g/mol. The van der Waals surface area contributed by atoms with E-state index < -0.39 is 18.3 Å². The molecule has 1 amide bonds. The van der Waals surface area contributed by atoms with Crippen molar-refractivity contribution in [3.05, 3.63) is 63.7 Å². The molecule has 2 N–H and O–H groups in total. The fourth-order valence-electron chi connectivity index (χ4n) is 4.82. The number of hydrogen-bond donors (Lipinski definition) is 2. The summed E-state index contributed by atoms with van der Waals surface area (Å²) in [5, 5.41) is 11.8. The first-order valence-corrected chi connectivity index (χ1v) is 13.4. The van der Waals surface area contributed by atoms with Crippen molar-refractivity contribution >= 4 is 46.5 Å². The van der Waals surface area contributed by atoms with Gasteiger partial charge in [-0.05, 0) is 74.0 Å². The molecule has 0 spiro atoms. The summed E-state index contributed by atoms with van der Waals surface area (Å²) < 4.78 is 6.01. The minimum atomic E-state index is -1.21. The number of hydrogen-bond acceptors (Lipinski definition) is 5. The van der Waals surface area contributed by atoms with Crippen LogP contribution in [0, 0.1) is 0 Å². The van der Waals surface area contributed by atoms with Gasteiger partial charge < -0.3 is 20.1 Å². The van der Waals surface area contributed by atoms with Crippen molar-refractivity contribution < 1.29 is 19.4 Å². The van der Waals surface area contributed by atoms with Crippen molar-refractivity contribution in [2.24, 2.45) is 0 Å². The van der Waals surface area contributed by atoms with Crippen LogP contribution in [0.2, 0.25) is 10.0 Å². The highest BCUT2D eigenvalue weighted by Crippen LogP contribution is 2.38. The molecule has 9 heteroatoms. The van der Waals surface area contributed by atoms with Gasteiger partial charge in [0.15, 0.2) is 0 Å². The van der Waals surface area contributed by atoms with E-state index in [1.165, 1.54) is 16.7 Å². The maximum Gasteiger partial charge on any atom is 0.312 e. The third-order valence-electron chi connectivity index (χ3n) is 6.86. The first kappa shape index (κ1) is 27.3. The van der Waals surface area contributed by atoms with Crippen molar-refractivity contribution in [2.45, 2.75) is 38.5 Å². The van der Waals surface area contributed by atoms with E-state index in [0.29, 0.717) is 17.3 Å². The molecule has 2 aromatic carbocycles. The molecular formula is C28H33Cl2N3O4. The van der Waals surface area contributed by atoms with E-state index in [-0.39, 0.29) is 5.02 Å². The Morgan fingerprint density at radius 1 is 1.00 bits per heavy atom. The number of rotatable bonds is 10. The Balaban J connectivity index is 1.18. The average Bonchev–Trinajstić information content (AvgIpc) is 2.86. The van der Waals surface area contributed by atoms with Gasteiger partial charge in [0.2, 0.25) is 5.91 Å². The van der Waals surface area contributed by atoms with Gasteiger partial charge in [0, 0.05) is 26.2 Å². The minimum Gasteiger partial charge on any atom is -0.494 e. The van der Waals surface area contributed by atoms with Crippen LogP contribution in [-0.2, 0) is 22.4 Å². The number of carboxylic acids is 1. The quantitative estimate of drug-likeness (QED) is 0.235. The highest BCUT2D eigenvalue weighted by Gasteiger charge is 2.21. The molecule has 1 aliphatic carbocycles. The van der Waals surface area contributed by atoms with Crippen LogP contribution in [0.5, 0.6) is 5.75 Å². The standard InChI is InChI=1S/C28H33Cl2N3O4/c1-19-4-5-20-6-7-22(17-21(20)16-19)37-15-3-2-10-32-11-13-33(14-12-32)24-9-8-23(27(29)28(24)30)31-25(34)18-26(35)36/h6-9,17H,1-5,10-16,18H2,(H,31,34)(H,35,36). The third kappa shape index (κ3) is 7.40. The zero-order chi connectivity index (χ0) is 26.4. The summed E-state index contributed by atoms with van der Waals surface area (Å²) >= 11 is 12.9. The van der Waals surface area contributed by atoms with Crippen LogP contribution < -0.4 is 15.0 Å². The second kappa shape index (κ2) is 12.7. The number of unbranched alkanes of at least 4 members (excludes halogenated alkanes) is 1. The molecule has 0 atom stereocenters. The lowest BCUT2D eigenvalue weighted by atomic mass is 9.89. The zero-order valence-electron chi connectivity index (χ0n) is 20.9. The zero-order valence-corrected chi connectivity index (χ0v) is 22.4. The fraction of sp³-hybridized carbons (Fsp3) is 0.429. The number of carbonyl (C=O) groups excluding carboxylic acids is 1. The lowest BCUT2D eigenvalue weighted by Gasteiger charge is -2.36. The van der Waals surface area contributed by atoms with E-state index in [4.69, 9.17) is 33.0 Å². The molecule has 0 saturated carbocycles. The summed E-state index contributed by atoms with van der Waals surface area (Å²) in [6.07, 6.45) is 4.57. The topological polar surface area (TPSA) is 82.1 Å². The number of halogens is 2. The van der Waals surface area contributed by atoms with Crippen molar-refractivity contribution in [1.82, 2.24) is 4.90 Å². The number of carboxylic acid groups (broad SMARTS) is 1. The molecule has 1 fully saturated rings. The molecule has 0 aromatic heterocycles. The molecule has 1 saturated heterocycles.